The fourth-order valence-electron chi connectivity index (χ4n) is 2.85. The van der Waals surface area contributed by atoms with E-state index in [9.17, 15) is 9.59 Å². The zero-order valence-electron chi connectivity index (χ0n) is 11.6. The number of fused-ring (bicyclic) bond motifs is 2. The zero-order chi connectivity index (χ0) is 15.3. The maximum atomic E-state index is 12.5. The van der Waals surface area contributed by atoms with Crippen LogP contribution in [0.3, 0.4) is 0 Å². The Morgan fingerprint density at radius 3 is 1.82 bits per heavy atom. The van der Waals surface area contributed by atoms with Crippen LogP contribution in [0.4, 0.5) is 11.4 Å². The molecule has 0 fully saturated rings. The molecule has 0 saturated heterocycles. The Morgan fingerprint density at radius 1 is 0.727 bits per heavy atom. The van der Waals surface area contributed by atoms with Gasteiger partial charge in [-0.05, 0) is 35.0 Å². The molecule has 1 aliphatic heterocycles. The fourth-order valence-corrected chi connectivity index (χ4v) is 2.85. The van der Waals surface area contributed by atoms with Crippen LogP contribution >= 0.6 is 0 Å². The molecule has 0 bridgehead atoms. The van der Waals surface area contributed by atoms with E-state index in [0.29, 0.717) is 22.5 Å². The second kappa shape index (κ2) is 4.43. The largest absolute Gasteiger partial charge is 0.397 e. The van der Waals surface area contributed by atoms with Crippen LogP contribution < -0.4 is 10.6 Å². The van der Waals surface area contributed by atoms with Crippen molar-refractivity contribution >= 4 is 34.0 Å². The highest BCUT2D eigenvalue weighted by Crippen LogP contribution is 2.34. The first-order valence-corrected chi connectivity index (χ1v) is 6.93. The lowest BCUT2D eigenvalue weighted by Gasteiger charge is -2.17. The smallest absolute Gasteiger partial charge is 0.266 e. The Bertz CT molecular complexity index is 912. The van der Waals surface area contributed by atoms with Crippen LogP contribution in [0, 0.1) is 0 Å². The predicted octanol–water partition coefficient (Wildman–Crippen LogP) is 3.22. The lowest BCUT2D eigenvalue weighted by molar-refractivity contribution is 0.0926. The highest BCUT2D eigenvalue weighted by atomic mass is 16.2. The number of imide groups is 1. The van der Waals surface area contributed by atoms with E-state index >= 15 is 0 Å². The van der Waals surface area contributed by atoms with Gasteiger partial charge >= 0.3 is 0 Å². The van der Waals surface area contributed by atoms with E-state index in [2.05, 4.69) is 0 Å². The van der Waals surface area contributed by atoms with Gasteiger partial charge in [0.05, 0.1) is 22.5 Å². The molecule has 2 N–H and O–H groups in total. The Kier molecular flexibility index (Phi) is 2.53. The van der Waals surface area contributed by atoms with Gasteiger partial charge < -0.3 is 5.73 Å². The third-order valence-corrected chi connectivity index (χ3v) is 3.93. The average molecular weight is 288 g/mol. The molecule has 4 nitrogen and oxygen atoms in total. The predicted molar refractivity (Wildman–Crippen MR) is 85.9 cm³/mol. The number of rotatable bonds is 1. The standard InChI is InChI=1S/C18H12N2O2/c19-15-9-11-5-1-2-6-12(11)10-16(15)20-17(21)13-7-3-4-8-14(13)18(20)22/h1-10H,19H2. The van der Waals surface area contributed by atoms with Gasteiger partial charge in [0.25, 0.3) is 11.8 Å². The highest BCUT2D eigenvalue weighted by molar-refractivity contribution is 6.35. The van der Waals surface area contributed by atoms with Crippen molar-refractivity contribution in [3.63, 3.8) is 0 Å². The number of benzene rings is 3. The van der Waals surface area contributed by atoms with E-state index in [0.717, 1.165) is 15.7 Å². The van der Waals surface area contributed by atoms with Gasteiger partial charge in [-0.3, -0.25) is 9.59 Å². The summed E-state index contributed by atoms with van der Waals surface area (Å²) in [6, 6.07) is 18.1. The van der Waals surface area contributed by atoms with Crippen molar-refractivity contribution in [1.29, 1.82) is 0 Å². The maximum absolute atomic E-state index is 12.5. The van der Waals surface area contributed by atoms with Gasteiger partial charge in [0.2, 0.25) is 0 Å². The third kappa shape index (κ3) is 1.64. The quantitative estimate of drug-likeness (QED) is 0.552. The summed E-state index contributed by atoms with van der Waals surface area (Å²) >= 11 is 0. The minimum Gasteiger partial charge on any atom is -0.397 e. The van der Waals surface area contributed by atoms with Gasteiger partial charge in [0.1, 0.15) is 0 Å². The average Bonchev–Trinajstić information content (AvgIpc) is 2.79. The summed E-state index contributed by atoms with van der Waals surface area (Å²) in [5.41, 5.74) is 7.76. The molecule has 0 aromatic heterocycles. The van der Waals surface area contributed by atoms with Crippen LogP contribution in [0.1, 0.15) is 20.7 Å². The molecule has 1 heterocycles. The van der Waals surface area contributed by atoms with Crippen molar-refractivity contribution in [3.05, 3.63) is 71.8 Å². The first kappa shape index (κ1) is 12.6. The minimum absolute atomic E-state index is 0.331. The monoisotopic (exact) mass is 288 g/mol. The van der Waals surface area contributed by atoms with Gasteiger partial charge in [-0.25, -0.2) is 4.90 Å². The van der Waals surface area contributed by atoms with E-state index in [1.165, 1.54) is 0 Å². The molecule has 0 aliphatic carbocycles. The molecule has 0 spiro atoms. The molecule has 4 rings (SSSR count). The molecule has 106 valence electrons. The second-order valence-corrected chi connectivity index (χ2v) is 5.25. The van der Waals surface area contributed by atoms with Crippen LogP contribution in [-0.2, 0) is 0 Å². The van der Waals surface area contributed by atoms with Crippen molar-refractivity contribution < 1.29 is 9.59 Å². The van der Waals surface area contributed by atoms with Crippen LogP contribution in [0.5, 0.6) is 0 Å². The molecule has 22 heavy (non-hydrogen) atoms. The van der Waals surface area contributed by atoms with E-state index in [1.807, 2.05) is 24.3 Å². The normalized spacial score (nSPS) is 13.7. The summed E-state index contributed by atoms with van der Waals surface area (Å²) in [6.07, 6.45) is 0. The Labute approximate surface area is 126 Å². The van der Waals surface area contributed by atoms with Gasteiger partial charge in [-0.15, -0.1) is 0 Å². The molecule has 0 radical (unpaired) electrons. The first-order chi connectivity index (χ1) is 10.7. The van der Waals surface area contributed by atoms with Crippen LogP contribution in [0.2, 0.25) is 0 Å². The second-order valence-electron chi connectivity index (χ2n) is 5.25. The van der Waals surface area contributed by atoms with Gasteiger partial charge in [0.15, 0.2) is 0 Å². The molecular formula is C18H12N2O2. The first-order valence-electron chi connectivity index (χ1n) is 6.93. The van der Waals surface area contributed by atoms with Crippen LogP contribution in [-0.4, -0.2) is 11.8 Å². The van der Waals surface area contributed by atoms with E-state index in [4.69, 9.17) is 5.73 Å². The number of nitrogens with zero attached hydrogens (tertiary/aromatic N) is 1. The summed E-state index contributed by atoms with van der Waals surface area (Å²) < 4.78 is 0. The van der Waals surface area contributed by atoms with Crippen molar-refractivity contribution in [2.45, 2.75) is 0 Å². The Hall–Kier alpha value is -3.14. The number of nitrogen functional groups attached to an aromatic ring is 1. The van der Waals surface area contributed by atoms with E-state index < -0.39 is 0 Å². The van der Waals surface area contributed by atoms with Crippen molar-refractivity contribution in [1.82, 2.24) is 0 Å². The summed E-state index contributed by atoms with van der Waals surface area (Å²) in [7, 11) is 0. The Balaban J connectivity index is 1.92. The van der Waals surface area contributed by atoms with E-state index in [1.54, 1.807) is 36.4 Å². The van der Waals surface area contributed by atoms with Crippen molar-refractivity contribution in [2.24, 2.45) is 0 Å². The summed E-state index contributed by atoms with van der Waals surface area (Å²) in [5.74, 6) is -0.662. The molecule has 0 saturated carbocycles. The molecule has 0 unspecified atom stereocenters. The third-order valence-electron chi connectivity index (χ3n) is 3.93. The van der Waals surface area contributed by atoms with Crippen LogP contribution in [0.25, 0.3) is 10.8 Å². The SMILES string of the molecule is Nc1cc2ccccc2cc1N1C(=O)c2ccccc2C1=O. The van der Waals surface area contributed by atoms with Crippen LogP contribution in [0.15, 0.2) is 60.7 Å². The fraction of sp³-hybridized carbons (Fsp3) is 0. The van der Waals surface area contributed by atoms with Gasteiger partial charge in [-0.1, -0.05) is 36.4 Å². The number of carbonyl (C=O) groups is 2. The summed E-state index contributed by atoms with van der Waals surface area (Å²) in [5, 5.41) is 1.91. The van der Waals surface area contributed by atoms with Gasteiger partial charge in [0, 0.05) is 0 Å². The number of nitrogens with two attached hydrogens (primary N) is 1. The van der Waals surface area contributed by atoms with Crippen molar-refractivity contribution in [3.8, 4) is 0 Å². The lowest BCUT2D eigenvalue weighted by atomic mass is 10.1. The molecule has 2 amide bonds. The summed E-state index contributed by atoms with van der Waals surface area (Å²) in [4.78, 5) is 26.3. The lowest BCUT2D eigenvalue weighted by Crippen LogP contribution is -2.30. The zero-order valence-corrected chi connectivity index (χ0v) is 11.6. The topological polar surface area (TPSA) is 63.4 Å². The minimum atomic E-state index is -0.331. The van der Waals surface area contributed by atoms with Gasteiger partial charge in [-0.2, -0.15) is 0 Å². The maximum Gasteiger partial charge on any atom is 0.266 e. The highest BCUT2D eigenvalue weighted by Gasteiger charge is 2.37. The van der Waals surface area contributed by atoms with E-state index in [-0.39, 0.29) is 11.8 Å². The van der Waals surface area contributed by atoms with Crippen molar-refractivity contribution in [2.75, 3.05) is 10.6 Å². The molecule has 3 aromatic carbocycles. The number of anilines is 2. The number of hydrogen-bond acceptors (Lipinski definition) is 3. The molecule has 1 aliphatic rings. The molecule has 3 aromatic rings. The Morgan fingerprint density at radius 2 is 1.23 bits per heavy atom. The molecular weight excluding hydrogens is 276 g/mol. The number of carbonyl (C=O) groups excluding carboxylic acids is 2. The number of amides is 2. The number of hydrogen-bond donors (Lipinski definition) is 1. The summed E-state index contributed by atoms with van der Waals surface area (Å²) in [6.45, 7) is 0. The molecule has 4 heteroatoms. The molecule has 0 atom stereocenters.